The second-order valence-corrected chi connectivity index (χ2v) is 3.36. The number of para-hydroxylation sites is 1. The van der Waals surface area contributed by atoms with E-state index in [4.69, 9.17) is 9.84 Å². The van der Waals surface area contributed by atoms with Gasteiger partial charge in [0.1, 0.15) is 18.6 Å². The van der Waals surface area contributed by atoms with Crippen LogP contribution in [-0.2, 0) is 11.3 Å². The largest absolute Gasteiger partial charge is 0.496 e. The van der Waals surface area contributed by atoms with Gasteiger partial charge in [0, 0.05) is 0 Å². The Morgan fingerprint density at radius 2 is 2.24 bits per heavy atom. The minimum atomic E-state index is -0.957. The Kier molecular flexibility index (Phi) is 3.04. The first kappa shape index (κ1) is 11.1. The van der Waals surface area contributed by atoms with E-state index >= 15 is 0 Å². The standard InChI is InChI=1S/C11H11N3O3/c1-17-9-5-3-2-4-8(9)11-12-7-14(13-11)6-10(15)16/h2-5,7H,6H2,1H3,(H,15,16). The van der Waals surface area contributed by atoms with Crippen molar-refractivity contribution in [1.29, 1.82) is 0 Å². The molecule has 1 aromatic carbocycles. The molecule has 0 saturated carbocycles. The molecular weight excluding hydrogens is 222 g/mol. The smallest absolute Gasteiger partial charge is 0.325 e. The van der Waals surface area contributed by atoms with Gasteiger partial charge in [-0.1, -0.05) is 12.1 Å². The second kappa shape index (κ2) is 4.65. The number of aliphatic carboxylic acids is 1. The number of carbonyl (C=O) groups is 1. The number of rotatable bonds is 4. The van der Waals surface area contributed by atoms with E-state index in [0.29, 0.717) is 11.6 Å². The zero-order valence-corrected chi connectivity index (χ0v) is 9.20. The average molecular weight is 233 g/mol. The first-order chi connectivity index (χ1) is 8.20. The van der Waals surface area contributed by atoms with Gasteiger partial charge in [-0.05, 0) is 12.1 Å². The normalized spacial score (nSPS) is 10.2. The van der Waals surface area contributed by atoms with Crippen LogP contribution in [0.3, 0.4) is 0 Å². The number of aromatic nitrogens is 3. The van der Waals surface area contributed by atoms with E-state index in [1.54, 1.807) is 13.2 Å². The van der Waals surface area contributed by atoms with Crippen molar-refractivity contribution in [3.05, 3.63) is 30.6 Å². The van der Waals surface area contributed by atoms with E-state index in [9.17, 15) is 4.79 Å². The van der Waals surface area contributed by atoms with Gasteiger partial charge in [-0.2, -0.15) is 5.10 Å². The summed E-state index contributed by atoms with van der Waals surface area (Å²) >= 11 is 0. The van der Waals surface area contributed by atoms with Crippen molar-refractivity contribution in [3.8, 4) is 17.1 Å². The van der Waals surface area contributed by atoms with Gasteiger partial charge in [0.25, 0.3) is 0 Å². The quantitative estimate of drug-likeness (QED) is 0.853. The predicted molar refractivity (Wildman–Crippen MR) is 59.6 cm³/mol. The lowest BCUT2D eigenvalue weighted by Gasteiger charge is -2.03. The second-order valence-electron chi connectivity index (χ2n) is 3.36. The summed E-state index contributed by atoms with van der Waals surface area (Å²) in [7, 11) is 1.56. The zero-order valence-electron chi connectivity index (χ0n) is 9.20. The molecule has 0 aliphatic heterocycles. The maximum absolute atomic E-state index is 10.5. The van der Waals surface area contributed by atoms with Gasteiger partial charge in [0.05, 0.1) is 12.7 Å². The van der Waals surface area contributed by atoms with Crippen LogP contribution >= 0.6 is 0 Å². The van der Waals surface area contributed by atoms with Crippen LogP contribution < -0.4 is 4.74 Å². The molecular formula is C11H11N3O3. The molecule has 6 heteroatoms. The number of ether oxygens (including phenoxy) is 1. The molecule has 0 unspecified atom stereocenters. The van der Waals surface area contributed by atoms with Crippen LogP contribution in [0.15, 0.2) is 30.6 Å². The van der Waals surface area contributed by atoms with Gasteiger partial charge < -0.3 is 9.84 Å². The highest BCUT2D eigenvalue weighted by atomic mass is 16.5. The van der Waals surface area contributed by atoms with Crippen molar-refractivity contribution in [1.82, 2.24) is 14.8 Å². The van der Waals surface area contributed by atoms with Crippen LogP contribution in [0.1, 0.15) is 0 Å². The van der Waals surface area contributed by atoms with Crippen LogP contribution in [0.5, 0.6) is 5.75 Å². The third kappa shape index (κ3) is 2.41. The van der Waals surface area contributed by atoms with E-state index in [1.807, 2.05) is 18.2 Å². The fourth-order valence-electron chi connectivity index (χ4n) is 1.46. The highest BCUT2D eigenvalue weighted by Gasteiger charge is 2.10. The molecule has 0 amide bonds. The number of hydrogen-bond acceptors (Lipinski definition) is 4. The number of carboxylic acids is 1. The zero-order chi connectivity index (χ0) is 12.3. The number of benzene rings is 1. The van der Waals surface area contributed by atoms with E-state index in [-0.39, 0.29) is 6.54 Å². The molecule has 0 aliphatic rings. The van der Waals surface area contributed by atoms with Crippen LogP contribution in [0.25, 0.3) is 11.4 Å². The Morgan fingerprint density at radius 3 is 2.94 bits per heavy atom. The van der Waals surface area contributed by atoms with Gasteiger partial charge in [-0.3, -0.25) is 4.79 Å². The molecule has 0 fully saturated rings. The van der Waals surface area contributed by atoms with Crippen LogP contribution in [0, 0.1) is 0 Å². The molecule has 2 aromatic rings. The molecule has 0 aliphatic carbocycles. The predicted octanol–water partition coefficient (Wildman–Crippen LogP) is 1.04. The molecule has 0 atom stereocenters. The first-order valence-electron chi connectivity index (χ1n) is 4.95. The van der Waals surface area contributed by atoms with E-state index in [0.717, 1.165) is 5.56 Å². The molecule has 1 aromatic heterocycles. The molecule has 0 saturated heterocycles. The number of carboxylic acid groups (broad SMARTS) is 1. The van der Waals surface area contributed by atoms with Gasteiger partial charge in [-0.15, -0.1) is 0 Å². The maximum Gasteiger partial charge on any atom is 0.325 e. The summed E-state index contributed by atoms with van der Waals surface area (Å²) in [6, 6.07) is 7.30. The first-order valence-corrected chi connectivity index (χ1v) is 4.95. The molecule has 17 heavy (non-hydrogen) atoms. The van der Waals surface area contributed by atoms with E-state index < -0.39 is 5.97 Å². The van der Waals surface area contributed by atoms with Crippen LogP contribution in [0.2, 0.25) is 0 Å². The summed E-state index contributed by atoms with van der Waals surface area (Å²) < 4.78 is 6.45. The van der Waals surface area contributed by atoms with Crippen molar-refractivity contribution in [2.24, 2.45) is 0 Å². The van der Waals surface area contributed by atoms with Gasteiger partial charge in [0.15, 0.2) is 5.82 Å². The lowest BCUT2D eigenvalue weighted by atomic mass is 10.2. The van der Waals surface area contributed by atoms with Crippen molar-refractivity contribution < 1.29 is 14.6 Å². The Hall–Kier alpha value is -2.37. The highest BCUT2D eigenvalue weighted by Crippen LogP contribution is 2.26. The Labute approximate surface area is 97.5 Å². The van der Waals surface area contributed by atoms with E-state index in [1.165, 1.54) is 11.0 Å². The van der Waals surface area contributed by atoms with Gasteiger partial charge >= 0.3 is 5.97 Å². The molecule has 2 rings (SSSR count). The minimum absolute atomic E-state index is 0.206. The summed E-state index contributed by atoms with van der Waals surface area (Å²) in [4.78, 5) is 14.6. The highest BCUT2D eigenvalue weighted by molar-refractivity contribution is 5.67. The third-order valence-corrected chi connectivity index (χ3v) is 2.18. The monoisotopic (exact) mass is 233 g/mol. The number of methoxy groups -OCH3 is 1. The Morgan fingerprint density at radius 1 is 1.47 bits per heavy atom. The molecule has 0 spiro atoms. The fourth-order valence-corrected chi connectivity index (χ4v) is 1.46. The number of hydrogen-bond donors (Lipinski definition) is 1. The summed E-state index contributed by atoms with van der Waals surface area (Å²) in [6.45, 7) is -0.206. The Balaban J connectivity index is 2.33. The van der Waals surface area contributed by atoms with Crippen molar-refractivity contribution >= 4 is 5.97 Å². The summed E-state index contributed by atoms with van der Waals surface area (Å²) in [5, 5.41) is 12.7. The van der Waals surface area contributed by atoms with Crippen LogP contribution in [0.4, 0.5) is 0 Å². The lowest BCUT2D eigenvalue weighted by Crippen LogP contribution is -2.08. The fraction of sp³-hybridized carbons (Fsp3) is 0.182. The van der Waals surface area contributed by atoms with Crippen molar-refractivity contribution in [2.45, 2.75) is 6.54 Å². The summed E-state index contributed by atoms with van der Waals surface area (Å²) in [6.07, 6.45) is 1.38. The lowest BCUT2D eigenvalue weighted by molar-refractivity contribution is -0.137. The Bertz CT molecular complexity index is 536. The van der Waals surface area contributed by atoms with Gasteiger partial charge in [-0.25, -0.2) is 9.67 Å². The molecule has 0 bridgehead atoms. The molecule has 0 radical (unpaired) electrons. The summed E-state index contributed by atoms with van der Waals surface area (Å²) in [5.74, 6) is 0.144. The minimum Gasteiger partial charge on any atom is -0.496 e. The topological polar surface area (TPSA) is 77.2 Å². The molecule has 6 nitrogen and oxygen atoms in total. The van der Waals surface area contributed by atoms with Crippen LogP contribution in [-0.4, -0.2) is 33.0 Å². The molecule has 1 heterocycles. The maximum atomic E-state index is 10.5. The number of nitrogens with zero attached hydrogens (tertiary/aromatic N) is 3. The average Bonchev–Trinajstić information content (AvgIpc) is 2.76. The van der Waals surface area contributed by atoms with Crippen molar-refractivity contribution in [2.75, 3.05) is 7.11 Å². The van der Waals surface area contributed by atoms with Crippen molar-refractivity contribution in [3.63, 3.8) is 0 Å². The van der Waals surface area contributed by atoms with E-state index in [2.05, 4.69) is 10.1 Å². The third-order valence-electron chi connectivity index (χ3n) is 2.18. The molecule has 88 valence electrons. The SMILES string of the molecule is COc1ccccc1-c1ncn(CC(=O)O)n1. The summed E-state index contributed by atoms with van der Waals surface area (Å²) in [5.41, 5.74) is 0.735. The molecule has 1 N–H and O–H groups in total. The van der Waals surface area contributed by atoms with Gasteiger partial charge in [0.2, 0.25) is 0 Å².